The molecule has 0 amide bonds. The second-order valence-corrected chi connectivity index (χ2v) is 15.8. The minimum Gasteiger partial charge on any atom is -0.410 e. The summed E-state index contributed by atoms with van der Waals surface area (Å²) in [7, 11) is -2.39. The Labute approximate surface area is 200 Å². The monoisotopic (exact) mass is 486 g/mol. The summed E-state index contributed by atoms with van der Waals surface area (Å²) in [4.78, 5) is 25.4. The molecule has 0 aromatic carbocycles. The van der Waals surface area contributed by atoms with Gasteiger partial charge in [-0.1, -0.05) is 46.8 Å². The molecule has 0 radical (unpaired) electrons. The van der Waals surface area contributed by atoms with E-state index >= 15 is 0 Å². The summed E-state index contributed by atoms with van der Waals surface area (Å²) in [6, 6.07) is 0. The third kappa shape index (κ3) is 7.05. The van der Waals surface area contributed by atoms with Crippen molar-refractivity contribution in [3.05, 3.63) is 12.2 Å². The Hall–Kier alpha value is -0.903. The lowest BCUT2D eigenvalue weighted by molar-refractivity contribution is -0.140. The van der Waals surface area contributed by atoms with E-state index in [9.17, 15) is 24.9 Å². The number of ether oxygens (including phenoxy) is 1. The second kappa shape index (κ2) is 11.7. The Morgan fingerprint density at radius 3 is 2.15 bits per heavy atom. The molecule has 1 saturated heterocycles. The van der Waals surface area contributed by atoms with Crippen LogP contribution in [0.5, 0.6) is 0 Å². The van der Waals surface area contributed by atoms with Gasteiger partial charge in [-0.05, 0) is 32.0 Å². The fraction of sp³-hybridized carbons (Fsp3) is 0.840. The van der Waals surface area contributed by atoms with Gasteiger partial charge in [0.15, 0.2) is 8.32 Å². The van der Waals surface area contributed by atoms with E-state index in [1.165, 1.54) is 0 Å². The Morgan fingerprint density at radius 2 is 1.73 bits per heavy atom. The molecule has 0 aromatic rings. The molecule has 1 aliphatic heterocycles. The molecule has 3 N–H and O–H groups in total. The van der Waals surface area contributed by atoms with Gasteiger partial charge in [0, 0.05) is 18.8 Å². The maximum absolute atomic E-state index is 13.5. The fourth-order valence-corrected chi connectivity index (χ4v) is 5.51. The summed E-state index contributed by atoms with van der Waals surface area (Å²) in [6.07, 6.45) is 1.75. The number of rotatable bonds is 14. The first-order chi connectivity index (χ1) is 15.1. The van der Waals surface area contributed by atoms with Crippen LogP contribution in [-0.2, 0) is 18.8 Å². The van der Waals surface area contributed by atoms with E-state index in [1.807, 2.05) is 32.9 Å². The van der Waals surface area contributed by atoms with Crippen LogP contribution in [0.2, 0.25) is 18.1 Å². The van der Waals surface area contributed by atoms with Crippen molar-refractivity contribution in [2.24, 2.45) is 17.8 Å². The summed E-state index contributed by atoms with van der Waals surface area (Å²) in [5.41, 5.74) is -0.804. The van der Waals surface area contributed by atoms with E-state index < -0.39 is 57.0 Å². The third-order valence-corrected chi connectivity index (χ3v) is 11.9. The molecule has 7 atom stereocenters. The van der Waals surface area contributed by atoms with E-state index in [2.05, 4.69) is 33.9 Å². The molecule has 8 heteroatoms. The minimum atomic E-state index is -2.39. The molecular formula is C25H46O7Si. The standard InChI is InChI=1S/C25H46O7Si/c1-10-12-16(3)22-25(7,31-22)23(32-33(8,9)24(4,5)6)19(15-27)21(30)18(14-26)20(29)13-17(28)11-2/h10,12,16,18-20,22-23,26-27,29H,11,13-15H2,1-9H3/t16-,18-,19-,20-,22+,23-,25?/m0/s1. The van der Waals surface area contributed by atoms with Gasteiger partial charge in [-0.25, -0.2) is 0 Å². The van der Waals surface area contributed by atoms with Crippen molar-refractivity contribution >= 4 is 19.9 Å². The second-order valence-electron chi connectivity index (χ2n) is 11.1. The molecule has 33 heavy (non-hydrogen) atoms. The highest BCUT2D eigenvalue weighted by molar-refractivity contribution is 6.74. The molecule has 1 fully saturated rings. The van der Waals surface area contributed by atoms with Crippen molar-refractivity contribution in [2.45, 2.75) is 103 Å². The van der Waals surface area contributed by atoms with Crippen LogP contribution in [0, 0.1) is 17.8 Å². The smallest absolute Gasteiger partial charge is 0.192 e. The SMILES string of the molecule is CC=C[C@H](C)[C@H]1OC1(C)[C@@H](O[Si](C)(C)C(C)(C)C)[C@@H](CO)C(=O)[C@@H](CO)[C@@H](O)CC(=O)CC. The highest BCUT2D eigenvalue weighted by atomic mass is 28.4. The van der Waals surface area contributed by atoms with Crippen LogP contribution in [-0.4, -0.2) is 72.3 Å². The Morgan fingerprint density at radius 1 is 1.18 bits per heavy atom. The van der Waals surface area contributed by atoms with Crippen molar-refractivity contribution in [1.82, 2.24) is 0 Å². The zero-order chi connectivity index (χ0) is 25.8. The van der Waals surface area contributed by atoms with E-state index in [-0.39, 0.29) is 35.7 Å². The molecule has 1 aliphatic rings. The molecule has 1 unspecified atom stereocenters. The predicted octanol–water partition coefficient (Wildman–Crippen LogP) is 3.26. The van der Waals surface area contributed by atoms with Crippen LogP contribution in [0.3, 0.4) is 0 Å². The minimum absolute atomic E-state index is 0.0846. The quantitative estimate of drug-likeness (QED) is 0.196. The summed E-state index contributed by atoms with van der Waals surface area (Å²) >= 11 is 0. The molecule has 1 rings (SSSR count). The highest BCUT2D eigenvalue weighted by Gasteiger charge is 2.64. The zero-order valence-corrected chi connectivity index (χ0v) is 22.9. The summed E-state index contributed by atoms with van der Waals surface area (Å²) in [5.74, 6) is -2.80. The van der Waals surface area contributed by atoms with Crippen molar-refractivity contribution in [3.63, 3.8) is 0 Å². The van der Waals surface area contributed by atoms with Crippen molar-refractivity contribution < 1.29 is 34.1 Å². The van der Waals surface area contributed by atoms with Gasteiger partial charge in [0.25, 0.3) is 0 Å². The lowest BCUT2D eigenvalue weighted by Gasteiger charge is -2.43. The normalized spacial score (nSPS) is 26.0. The lowest BCUT2D eigenvalue weighted by Crippen LogP contribution is -2.55. The van der Waals surface area contributed by atoms with Gasteiger partial charge in [-0.2, -0.15) is 0 Å². The number of aliphatic hydroxyl groups excluding tert-OH is 3. The van der Waals surface area contributed by atoms with Gasteiger partial charge in [0.1, 0.15) is 17.2 Å². The molecule has 0 bridgehead atoms. The number of allylic oxidation sites excluding steroid dienone is 1. The summed E-state index contributed by atoms with van der Waals surface area (Å²) < 4.78 is 12.8. The van der Waals surface area contributed by atoms with Crippen LogP contribution in [0.25, 0.3) is 0 Å². The van der Waals surface area contributed by atoms with Gasteiger partial charge >= 0.3 is 0 Å². The maximum Gasteiger partial charge on any atom is 0.192 e. The van der Waals surface area contributed by atoms with Crippen LogP contribution < -0.4 is 0 Å². The first kappa shape index (κ1) is 30.1. The molecule has 0 aromatic heterocycles. The van der Waals surface area contributed by atoms with E-state index in [4.69, 9.17) is 9.16 Å². The molecule has 0 saturated carbocycles. The average Bonchev–Trinajstić information content (AvgIpc) is 3.40. The predicted molar refractivity (Wildman–Crippen MR) is 131 cm³/mol. The van der Waals surface area contributed by atoms with Crippen LogP contribution in [0.4, 0.5) is 0 Å². The van der Waals surface area contributed by atoms with Crippen LogP contribution >= 0.6 is 0 Å². The summed E-state index contributed by atoms with van der Waals surface area (Å²) in [5, 5.41) is 30.7. The molecule has 1 heterocycles. The molecular weight excluding hydrogens is 440 g/mol. The Bertz CT molecular complexity index is 699. The number of Topliss-reactive ketones (excluding diaryl/α,β-unsaturated/α-hetero) is 2. The fourth-order valence-electron chi connectivity index (χ4n) is 4.13. The zero-order valence-electron chi connectivity index (χ0n) is 21.9. The Kier molecular flexibility index (Phi) is 10.7. The number of hydrogen-bond donors (Lipinski definition) is 3. The Balaban J connectivity index is 3.36. The number of ketones is 2. The molecule has 7 nitrogen and oxygen atoms in total. The van der Waals surface area contributed by atoms with Gasteiger partial charge in [-0.15, -0.1) is 0 Å². The van der Waals surface area contributed by atoms with Crippen LogP contribution in [0.15, 0.2) is 12.2 Å². The van der Waals surface area contributed by atoms with E-state index in [1.54, 1.807) is 6.92 Å². The van der Waals surface area contributed by atoms with Crippen molar-refractivity contribution in [3.8, 4) is 0 Å². The van der Waals surface area contributed by atoms with Crippen LogP contribution in [0.1, 0.15) is 61.3 Å². The number of epoxide rings is 1. The number of carbonyl (C=O) groups is 2. The first-order valence-electron chi connectivity index (χ1n) is 12.0. The number of carbonyl (C=O) groups excluding carboxylic acids is 2. The van der Waals surface area contributed by atoms with E-state index in [0.717, 1.165) is 0 Å². The van der Waals surface area contributed by atoms with Gasteiger partial charge in [0.2, 0.25) is 0 Å². The van der Waals surface area contributed by atoms with E-state index in [0.29, 0.717) is 0 Å². The van der Waals surface area contributed by atoms with Crippen molar-refractivity contribution in [2.75, 3.05) is 13.2 Å². The average molecular weight is 487 g/mol. The van der Waals surface area contributed by atoms with Gasteiger partial charge in [-0.3, -0.25) is 9.59 Å². The highest BCUT2D eigenvalue weighted by Crippen LogP contribution is 2.50. The summed E-state index contributed by atoms with van der Waals surface area (Å²) in [6.45, 7) is 16.9. The first-order valence-corrected chi connectivity index (χ1v) is 15.0. The molecule has 0 spiro atoms. The maximum atomic E-state index is 13.5. The molecule has 0 aliphatic carbocycles. The van der Waals surface area contributed by atoms with Gasteiger partial charge < -0.3 is 24.5 Å². The number of aliphatic hydroxyl groups is 3. The third-order valence-electron chi connectivity index (χ3n) is 7.44. The number of hydrogen-bond acceptors (Lipinski definition) is 7. The largest absolute Gasteiger partial charge is 0.410 e. The van der Waals surface area contributed by atoms with Crippen molar-refractivity contribution in [1.29, 1.82) is 0 Å². The topological polar surface area (TPSA) is 117 Å². The molecule has 192 valence electrons. The lowest BCUT2D eigenvalue weighted by atomic mass is 9.79. The van der Waals surface area contributed by atoms with Gasteiger partial charge in [0.05, 0.1) is 43.4 Å².